The first-order valence-corrected chi connectivity index (χ1v) is 47.5. The maximum atomic E-state index is 16.6. The molecule has 0 amide bonds. The quantitative estimate of drug-likeness (QED) is 0.0114. The van der Waals surface area contributed by atoms with E-state index in [0.29, 0.717) is 44.9 Å². The summed E-state index contributed by atoms with van der Waals surface area (Å²) < 4.78 is 109. The van der Waals surface area contributed by atoms with E-state index in [4.69, 9.17) is 85.3 Å². The Balaban J connectivity index is 0.764. The molecule has 5 aliphatic carbocycles. The van der Waals surface area contributed by atoms with Crippen LogP contribution in [0, 0.1) is 50.2 Å². The summed E-state index contributed by atoms with van der Waals surface area (Å²) in [6.07, 6.45) is -53.5. The molecule has 0 aromatic heterocycles. The van der Waals surface area contributed by atoms with Crippen LogP contribution in [0.25, 0.3) is 0 Å². The number of rotatable bonds is 30. The molecule has 0 radical (unpaired) electrons. The van der Waals surface area contributed by atoms with Crippen molar-refractivity contribution in [3.05, 3.63) is 60.3 Å². The van der Waals surface area contributed by atoms with E-state index in [-0.39, 0.29) is 61.5 Å². The SMILES string of the molecule is C=CC(C)(O)CCC=C(C)C(=O)OC1C(OCC2OC(OC(=O)C34CCC(C)(C)CC3C3=CCC5C6(C)CCC(OC7OC(COC8OCC(O)C(O)C8OC8OCC(O)C(O)C8O)C(O)C(O)C7O)C(C)(C)C6CCC5(C)C3(C)CC4O)C(OC3OC(C)C(OC4OCC(O)C(OC5OCC(O)C(O)C5O)C4O)C(O)C3O)C(O)C2O)OC(C)C(O)C1OC(=O)C(C)=CCCC(C)(O)C=C. The minimum atomic E-state index is -2.26. The lowest BCUT2D eigenvalue weighted by atomic mass is 9.33. The van der Waals surface area contributed by atoms with Gasteiger partial charge in [0.25, 0.3) is 0 Å². The fourth-order valence-corrected chi connectivity index (χ4v) is 23.3. The number of hydrogen-bond acceptors (Lipinski definition) is 42. The van der Waals surface area contributed by atoms with Gasteiger partial charge in [0.15, 0.2) is 62.3 Å². The molecule has 0 aromatic rings. The van der Waals surface area contributed by atoms with Crippen LogP contribution >= 0.6 is 0 Å². The maximum Gasteiger partial charge on any atom is 0.333 e. The summed E-state index contributed by atoms with van der Waals surface area (Å²) >= 11 is 0. The summed E-state index contributed by atoms with van der Waals surface area (Å²) in [5.41, 5.74) is -6.56. The van der Waals surface area contributed by atoms with Crippen LogP contribution in [0.3, 0.4) is 0 Å². The minimum Gasteiger partial charge on any atom is -0.452 e. The number of carbonyl (C=O) groups is 3. The summed E-state index contributed by atoms with van der Waals surface area (Å²) in [5.74, 6) is -3.96. The van der Waals surface area contributed by atoms with Gasteiger partial charge in [0.05, 0.1) is 75.3 Å². The van der Waals surface area contributed by atoms with Crippen LogP contribution in [0.1, 0.15) is 173 Å². The van der Waals surface area contributed by atoms with Gasteiger partial charge in [0.2, 0.25) is 6.29 Å². The molecule has 776 valence electrons. The summed E-state index contributed by atoms with van der Waals surface area (Å²) in [5, 5.41) is 237. The van der Waals surface area contributed by atoms with Gasteiger partial charge in [-0.25, -0.2) is 9.59 Å². The molecule has 8 heterocycles. The largest absolute Gasteiger partial charge is 0.452 e. The van der Waals surface area contributed by atoms with Crippen molar-refractivity contribution in [1.82, 2.24) is 0 Å². The highest BCUT2D eigenvalue weighted by Gasteiger charge is 2.73. The smallest absolute Gasteiger partial charge is 0.333 e. The minimum absolute atomic E-state index is 0.00465. The molecule has 0 aromatic carbocycles. The van der Waals surface area contributed by atoms with Crippen LogP contribution in [-0.2, 0) is 99.6 Å². The van der Waals surface area contributed by atoms with Crippen LogP contribution in [0.5, 0.6) is 0 Å². The molecular weight excluding hydrogens is 1800 g/mol. The number of carbonyl (C=O) groups excluding carboxylic acids is 3. The Bertz CT molecular complexity index is 4170. The van der Waals surface area contributed by atoms with Gasteiger partial charge in [-0.3, -0.25) is 4.79 Å². The highest BCUT2D eigenvalue weighted by atomic mass is 16.8. The number of esters is 3. The summed E-state index contributed by atoms with van der Waals surface area (Å²) in [6.45, 7) is 27.5. The number of allylic oxidation sites excluding steroid dienone is 4. The summed E-state index contributed by atoms with van der Waals surface area (Å²) in [6, 6.07) is 0. The summed E-state index contributed by atoms with van der Waals surface area (Å²) in [7, 11) is 0. The van der Waals surface area contributed by atoms with Gasteiger partial charge < -0.3 is 193 Å². The highest BCUT2D eigenvalue weighted by Crippen LogP contribution is 2.76. The molecule has 13 rings (SSSR count). The van der Waals surface area contributed by atoms with Gasteiger partial charge in [0, 0.05) is 11.1 Å². The molecule has 12 fully saturated rings. The molecule has 8 aliphatic heterocycles. The predicted molar refractivity (Wildman–Crippen MR) is 463 cm³/mol. The fourth-order valence-electron chi connectivity index (χ4n) is 23.3. The molecule has 0 spiro atoms. The Hall–Kier alpha value is -4.33. The van der Waals surface area contributed by atoms with Crippen molar-refractivity contribution in [2.75, 3.05) is 39.6 Å². The highest BCUT2D eigenvalue weighted by molar-refractivity contribution is 5.89. The monoisotopic (exact) mass is 1950 g/mol. The van der Waals surface area contributed by atoms with E-state index in [2.05, 4.69) is 67.7 Å². The van der Waals surface area contributed by atoms with E-state index >= 15 is 4.79 Å². The standard InChI is InChI=1S/C94H148O42/c1-16-89(11,117)26-18-20-40(3)76(114)130-72-56(100)42(5)125-84(75(72)131-77(115)41(4)21-19-27-90(12,118)17-2)124-39-51-61(105)63(107)74(135-81-68(112)64(108)70(43(6)126-81)132-80-69(113)71(49(98)37-121-80)133-78-65(109)57(101)46(95)34-119-78)85(128-51)136-86(116)94-31-30-87(7,8)32-45(94)44-22-23-53-91(13)28-25-55(88(9,10)52(91)24-29-92(53,14)93(44,15)33-54(94)99)129-82-67(111)62(106)60(104)50(127-82)38-123-83-73(59(103)48(97)36-122-83)134-79-66(110)58(102)47(96)35-120-79/h16-17,20-22,42-43,45-75,78-85,95-113,117-118H,1-2,18-19,23-39H2,3-15H3. The van der Waals surface area contributed by atoms with Crippen molar-refractivity contribution >= 4 is 17.9 Å². The Morgan fingerprint density at radius 2 is 0.904 bits per heavy atom. The topological polar surface area (TPSA) is 642 Å². The first-order valence-electron chi connectivity index (χ1n) is 47.5. The number of aliphatic hydroxyl groups is 21. The Morgan fingerprint density at radius 1 is 0.441 bits per heavy atom. The van der Waals surface area contributed by atoms with E-state index < -0.39 is 341 Å². The molecule has 47 atom stereocenters. The number of fused-ring (bicyclic) bond motifs is 7. The second-order valence-corrected chi connectivity index (χ2v) is 42.6. The van der Waals surface area contributed by atoms with Crippen LogP contribution in [-0.4, -0.2) is 409 Å². The van der Waals surface area contributed by atoms with E-state index in [1.165, 1.54) is 65.8 Å². The zero-order valence-electron chi connectivity index (χ0n) is 79.4. The normalized spacial score (nSPS) is 48.5. The second kappa shape index (κ2) is 42.8. The van der Waals surface area contributed by atoms with Crippen molar-refractivity contribution < 1.29 is 207 Å². The molecule has 0 bridgehead atoms. The molecule has 21 N–H and O–H groups in total. The Morgan fingerprint density at radius 3 is 1.49 bits per heavy atom. The van der Waals surface area contributed by atoms with Crippen molar-refractivity contribution in [2.24, 2.45) is 50.2 Å². The average Bonchev–Trinajstić information content (AvgIpc) is 0.668. The number of ether oxygens (including phenoxy) is 18. The molecule has 42 nitrogen and oxygen atoms in total. The predicted octanol–water partition coefficient (Wildman–Crippen LogP) is -2.73. The van der Waals surface area contributed by atoms with Crippen molar-refractivity contribution in [3.63, 3.8) is 0 Å². The van der Waals surface area contributed by atoms with Crippen molar-refractivity contribution in [3.8, 4) is 0 Å². The van der Waals surface area contributed by atoms with Gasteiger partial charge in [-0.2, -0.15) is 0 Å². The zero-order valence-corrected chi connectivity index (χ0v) is 79.4. The summed E-state index contributed by atoms with van der Waals surface area (Å²) in [4.78, 5) is 45.0. The third kappa shape index (κ3) is 21.7. The Labute approximate surface area is 789 Å². The van der Waals surface area contributed by atoms with Crippen molar-refractivity contribution in [2.45, 2.75) is 418 Å². The first-order chi connectivity index (χ1) is 63.6. The van der Waals surface area contributed by atoms with Gasteiger partial charge in [-0.15, -0.1) is 13.2 Å². The zero-order chi connectivity index (χ0) is 99.8. The van der Waals surface area contributed by atoms with Crippen LogP contribution in [0.15, 0.2) is 60.3 Å². The number of hydrogen-bond donors (Lipinski definition) is 21. The van der Waals surface area contributed by atoms with Gasteiger partial charge in [0.1, 0.15) is 146 Å². The van der Waals surface area contributed by atoms with E-state index in [1.807, 2.05) is 0 Å². The molecule has 47 unspecified atom stereocenters. The van der Waals surface area contributed by atoms with E-state index in [1.54, 1.807) is 0 Å². The third-order valence-corrected chi connectivity index (χ3v) is 32.4. The molecule has 4 saturated carbocycles. The lowest BCUT2D eigenvalue weighted by Crippen LogP contribution is -2.69. The van der Waals surface area contributed by atoms with Gasteiger partial charge >= 0.3 is 17.9 Å². The first kappa shape index (κ1) is 109. The Kier molecular flexibility index (Phi) is 34.2. The molecule has 13 aliphatic rings. The van der Waals surface area contributed by atoms with Gasteiger partial charge in [-0.1, -0.05) is 84.4 Å². The van der Waals surface area contributed by atoms with Crippen molar-refractivity contribution in [1.29, 1.82) is 0 Å². The lowest BCUT2D eigenvalue weighted by Gasteiger charge is -2.71. The van der Waals surface area contributed by atoms with Gasteiger partial charge in [-0.05, 0) is 170 Å². The molecule has 8 saturated heterocycles. The second-order valence-electron chi connectivity index (χ2n) is 42.6. The maximum absolute atomic E-state index is 16.6. The third-order valence-electron chi connectivity index (χ3n) is 32.4. The number of aliphatic hydroxyl groups excluding tert-OH is 19. The van der Waals surface area contributed by atoms with Crippen LogP contribution < -0.4 is 0 Å². The fraction of sp³-hybridized carbons (Fsp3) is 0.862. The average molecular weight is 1950 g/mol. The molecule has 42 heteroatoms. The molecular formula is C94H148O42. The lowest BCUT2D eigenvalue weighted by molar-refractivity contribution is -0.381. The van der Waals surface area contributed by atoms with E-state index in [9.17, 15) is 117 Å². The molecule has 136 heavy (non-hydrogen) atoms. The van der Waals surface area contributed by atoms with E-state index in [0.717, 1.165) is 5.57 Å². The van der Waals surface area contributed by atoms with Crippen LogP contribution in [0.2, 0.25) is 0 Å². The van der Waals surface area contributed by atoms with Crippen LogP contribution in [0.4, 0.5) is 0 Å².